The van der Waals surface area contributed by atoms with E-state index in [1.807, 2.05) is 18.2 Å². The van der Waals surface area contributed by atoms with Crippen molar-refractivity contribution in [1.82, 2.24) is 4.98 Å². The molecule has 2 aromatic carbocycles. The second-order valence-corrected chi connectivity index (χ2v) is 8.40. The van der Waals surface area contributed by atoms with Crippen LogP contribution in [0.25, 0.3) is 22.0 Å². The van der Waals surface area contributed by atoms with Crippen LogP contribution in [0.5, 0.6) is 0 Å². The van der Waals surface area contributed by atoms with Crippen molar-refractivity contribution >= 4 is 28.2 Å². The van der Waals surface area contributed by atoms with Crippen LogP contribution in [0, 0.1) is 5.82 Å². The number of aromatic nitrogens is 1. The maximum Gasteiger partial charge on any atom is 0.132 e. The highest BCUT2D eigenvalue weighted by molar-refractivity contribution is 6.31. The van der Waals surface area contributed by atoms with Gasteiger partial charge in [0.2, 0.25) is 0 Å². The Bertz CT molecular complexity index is 1230. The minimum absolute atomic E-state index is 0.0847. The standard InChI is InChI=1S/C25H26ClFN4O2/c1-15(28)2-5-23(29)25(32)20-13-19(22(27)14-21(20)26)17-6-7-30-24-12-16(3-4-18(17)24)31-8-10-33-11-9-31/h2-7,12-14,25,32H,8-11,28-29H2,1H3/b15-2-,23-5-/t25-/m0/s1. The first-order valence-corrected chi connectivity index (χ1v) is 11.0. The number of aliphatic hydroxyl groups excluding tert-OH is 1. The molecule has 4 rings (SSSR count). The number of hydrogen-bond acceptors (Lipinski definition) is 6. The molecule has 172 valence electrons. The first-order chi connectivity index (χ1) is 15.8. The van der Waals surface area contributed by atoms with Gasteiger partial charge in [-0.2, -0.15) is 0 Å². The van der Waals surface area contributed by atoms with E-state index in [9.17, 15) is 5.11 Å². The number of anilines is 1. The number of allylic oxidation sites excluding steroid dienone is 3. The van der Waals surface area contributed by atoms with Gasteiger partial charge in [0.05, 0.1) is 18.7 Å². The van der Waals surface area contributed by atoms with Gasteiger partial charge in [-0.3, -0.25) is 4.98 Å². The average Bonchev–Trinajstić information content (AvgIpc) is 2.82. The minimum Gasteiger partial charge on any atom is -0.402 e. The van der Waals surface area contributed by atoms with Gasteiger partial charge < -0.3 is 26.2 Å². The number of fused-ring (bicyclic) bond motifs is 1. The number of pyridine rings is 1. The summed E-state index contributed by atoms with van der Waals surface area (Å²) in [7, 11) is 0. The molecule has 1 aliphatic rings. The number of rotatable bonds is 5. The number of halogens is 2. The van der Waals surface area contributed by atoms with Crippen LogP contribution in [0.15, 0.2) is 66.1 Å². The lowest BCUT2D eigenvalue weighted by Crippen LogP contribution is -2.36. The molecule has 5 N–H and O–H groups in total. The van der Waals surface area contributed by atoms with Gasteiger partial charge in [-0.05, 0) is 55.0 Å². The van der Waals surface area contributed by atoms with Crippen LogP contribution < -0.4 is 16.4 Å². The third-order valence-electron chi connectivity index (χ3n) is 5.63. The van der Waals surface area contributed by atoms with Gasteiger partial charge in [0.25, 0.3) is 0 Å². The van der Waals surface area contributed by atoms with Gasteiger partial charge in [0.1, 0.15) is 11.9 Å². The molecule has 33 heavy (non-hydrogen) atoms. The predicted octanol–water partition coefficient (Wildman–Crippen LogP) is 4.27. The highest BCUT2D eigenvalue weighted by Gasteiger charge is 2.20. The monoisotopic (exact) mass is 468 g/mol. The van der Waals surface area contributed by atoms with Gasteiger partial charge in [-0.15, -0.1) is 0 Å². The lowest BCUT2D eigenvalue weighted by Gasteiger charge is -2.29. The first-order valence-electron chi connectivity index (χ1n) is 10.6. The minimum atomic E-state index is -1.21. The molecule has 0 unspecified atom stereocenters. The fourth-order valence-corrected chi connectivity index (χ4v) is 4.12. The fourth-order valence-electron chi connectivity index (χ4n) is 3.87. The number of morpholine rings is 1. The molecular weight excluding hydrogens is 443 g/mol. The number of hydrogen-bond donors (Lipinski definition) is 3. The van der Waals surface area contributed by atoms with Crippen molar-refractivity contribution in [2.24, 2.45) is 11.5 Å². The molecule has 1 aliphatic heterocycles. The quantitative estimate of drug-likeness (QED) is 0.484. The van der Waals surface area contributed by atoms with E-state index in [1.165, 1.54) is 18.2 Å². The Morgan fingerprint density at radius 3 is 2.64 bits per heavy atom. The van der Waals surface area contributed by atoms with Crippen molar-refractivity contribution < 1.29 is 14.2 Å². The molecule has 0 bridgehead atoms. The zero-order valence-electron chi connectivity index (χ0n) is 18.3. The van der Waals surface area contributed by atoms with E-state index in [4.69, 9.17) is 27.8 Å². The van der Waals surface area contributed by atoms with Crippen molar-refractivity contribution in [2.75, 3.05) is 31.2 Å². The zero-order chi connectivity index (χ0) is 23.5. The molecule has 2 heterocycles. The summed E-state index contributed by atoms with van der Waals surface area (Å²) in [5, 5.41) is 11.6. The van der Waals surface area contributed by atoms with Crippen molar-refractivity contribution in [3.8, 4) is 11.1 Å². The van der Waals surface area contributed by atoms with Crippen LogP contribution in [0.3, 0.4) is 0 Å². The molecule has 0 saturated carbocycles. The molecule has 0 spiro atoms. The second kappa shape index (κ2) is 9.79. The summed E-state index contributed by atoms with van der Waals surface area (Å²) in [6.45, 7) is 4.70. The summed E-state index contributed by atoms with van der Waals surface area (Å²) in [6, 6.07) is 10.4. The van der Waals surface area contributed by atoms with E-state index >= 15 is 4.39 Å². The SMILES string of the molecule is C/C(N)=C/C=C(\N)[C@@H](O)c1cc(-c2ccnc3cc(N4CCOCC4)ccc23)c(F)cc1Cl. The van der Waals surface area contributed by atoms with E-state index in [2.05, 4.69) is 9.88 Å². The lowest BCUT2D eigenvalue weighted by atomic mass is 9.96. The summed E-state index contributed by atoms with van der Waals surface area (Å²) in [5.41, 5.74) is 15.4. The summed E-state index contributed by atoms with van der Waals surface area (Å²) in [6.07, 6.45) is 3.52. The van der Waals surface area contributed by atoms with E-state index < -0.39 is 11.9 Å². The molecule has 6 nitrogen and oxygen atoms in total. The Morgan fingerprint density at radius 2 is 1.91 bits per heavy atom. The van der Waals surface area contributed by atoms with E-state index in [-0.39, 0.29) is 10.7 Å². The Morgan fingerprint density at radius 1 is 1.15 bits per heavy atom. The summed E-state index contributed by atoms with van der Waals surface area (Å²) >= 11 is 6.26. The van der Waals surface area contributed by atoms with Gasteiger partial charge in [-0.25, -0.2) is 4.39 Å². The Kier molecular flexibility index (Phi) is 6.83. The predicted molar refractivity (Wildman–Crippen MR) is 130 cm³/mol. The van der Waals surface area contributed by atoms with E-state index in [0.717, 1.165) is 29.7 Å². The highest BCUT2D eigenvalue weighted by atomic mass is 35.5. The van der Waals surface area contributed by atoms with E-state index in [0.29, 0.717) is 35.6 Å². The normalized spacial score (nSPS) is 16.3. The van der Waals surface area contributed by atoms with E-state index in [1.54, 1.807) is 25.3 Å². The molecule has 0 amide bonds. The zero-order valence-corrected chi connectivity index (χ0v) is 19.0. The van der Waals surface area contributed by atoms with Crippen LogP contribution in [0.2, 0.25) is 5.02 Å². The van der Waals surface area contributed by atoms with Gasteiger partial charge in [-0.1, -0.05) is 17.7 Å². The van der Waals surface area contributed by atoms with Crippen molar-refractivity contribution in [3.05, 3.63) is 82.5 Å². The summed E-state index contributed by atoms with van der Waals surface area (Å²) < 4.78 is 20.5. The van der Waals surface area contributed by atoms with Crippen molar-refractivity contribution in [3.63, 3.8) is 0 Å². The van der Waals surface area contributed by atoms with Crippen LogP contribution in [-0.4, -0.2) is 36.4 Å². The highest BCUT2D eigenvalue weighted by Crippen LogP contribution is 2.36. The van der Waals surface area contributed by atoms with Crippen LogP contribution in [-0.2, 0) is 4.74 Å². The Balaban J connectivity index is 1.77. The van der Waals surface area contributed by atoms with Crippen LogP contribution in [0.1, 0.15) is 18.6 Å². The molecule has 0 aliphatic carbocycles. The summed E-state index contributed by atoms with van der Waals surface area (Å²) in [5.74, 6) is -0.499. The van der Waals surface area contributed by atoms with Crippen LogP contribution in [0.4, 0.5) is 10.1 Å². The number of benzene rings is 2. The van der Waals surface area contributed by atoms with Crippen molar-refractivity contribution in [1.29, 1.82) is 0 Å². The average molecular weight is 469 g/mol. The third-order valence-corrected chi connectivity index (χ3v) is 5.96. The lowest BCUT2D eigenvalue weighted by molar-refractivity contribution is 0.122. The molecule has 0 radical (unpaired) electrons. The third kappa shape index (κ3) is 4.95. The first kappa shape index (κ1) is 23.0. The number of aliphatic hydroxyl groups is 1. The maximum absolute atomic E-state index is 15.1. The molecule has 1 atom stereocenters. The van der Waals surface area contributed by atoms with Crippen LogP contribution >= 0.6 is 11.6 Å². The maximum atomic E-state index is 15.1. The van der Waals surface area contributed by atoms with Gasteiger partial charge >= 0.3 is 0 Å². The molecule has 3 aromatic rings. The number of nitrogens with zero attached hydrogens (tertiary/aromatic N) is 2. The largest absolute Gasteiger partial charge is 0.402 e. The fraction of sp³-hybridized carbons (Fsp3) is 0.240. The Hall–Kier alpha value is -3.13. The molecule has 1 aromatic heterocycles. The Labute approximate surface area is 196 Å². The van der Waals surface area contributed by atoms with Gasteiger partial charge in [0.15, 0.2) is 0 Å². The topological polar surface area (TPSA) is 97.6 Å². The molecule has 1 saturated heterocycles. The molecule has 1 fully saturated rings. The second-order valence-electron chi connectivity index (χ2n) is 7.99. The smallest absolute Gasteiger partial charge is 0.132 e. The number of nitrogens with two attached hydrogens (primary N) is 2. The molecular formula is C25H26ClFN4O2. The van der Waals surface area contributed by atoms with Gasteiger partial charge in [0, 0.05) is 57.9 Å². The number of ether oxygens (including phenoxy) is 1. The summed E-state index contributed by atoms with van der Waals surface area (Å²) in [4.78, 5) is 6.73. The molecule has 8 heteroatoms. The van der Waals surface area contributed by atoms with Crippen molar-refractivity contribution in [2.45, 2.75) is 13.0 Å².